The number of thiophene rings is 1. The average molecular weight is 375 g/mol. The molecular weight excluding hydrogens is 350 g/mol. The van der Waals surface area contributed by atoms with Crippen molar-refractivity contribution in [1.29, 1.82) is 0 Å². The van der Waals surface area contributed by atoms with Crippen molar-refractivity contribution in [2.75, 3.05) is 26.8 Å². The van der Waals surface area contributed by atoms with Gasteiger partial charge < -0.3 is 14.2 Å². The van der Waals surface area contributed by atoms with Crippen molar-refractivity contribution in [2.45, 2.75) is 50.4 Å². The van der Waals surface area contributed by atoms with Crippen LogP contribution in [-0.4, -0.2) is 47.8 Å². The number of hydrogen-bond donors (Lipinski definition) is 0. The summed E-state index contributed by atoms with van der Waals surface area (Å²) in [7, 11) is 1.71. The number of hydrogen-bond acceptors (Lipinski definition) is 6. The van der Waals surface area contributed by atoms with E-state index >= 15 is 0 Å². The largest absolute Gasteiger partial charge is 0.385 e. The normalized spacial score (nSPS) is 23.4. The van der Waals surface area contributed by atoms with Gasteiger partial charge in [0.05, 0.1) is 10.3 Å². The van der Waals surface area contributed by atoms with Crippen LogP contribution in [0.2, 0.25) is 0 Å². The van der Waals surface area contributed by atoms with Crippen molar-refractivity contribution in [3.05, 3.63) is 33.6 Å². The summed E-state index contributed by atoms with van der Waals surface area (Å²) < 4.78 is 10.9. The number of likely N-dealkylation sites (tertiary alicyclic amines) is 1. The van der Waals surface area contributed by atoms with Gasteiger partial charge in [-0.25, -0.2) is 0 Å². The van der Waals surface area contributed by atoms with Gasteiger partial charge in [-0.1, -0.05) is 5.16 Å². The van der Waals surface area contributed by atoms with Gasteiger partial charge in [0.2, 0.25) is 5.89 Å². The maximum Gasteiger partial charge on any atom is 0.263 e. The van der Waals surface area contributed by atoms with Gasteiger partial charge in [-0.2, -0.15) is 4.98 Å². The molecule has 0 spiro atoms. The molecule has 2 aromatic rings. The van der Waals surface area contributed by atoms with E-state index in [-0.39, 0.29) is 11.3 Å². The van der Waals surface area contributed by atoms with Crippen LogP contribution in [0.15, 0.2) is 16.7 Å². The Morgan fingerprint density at radius 2 is 2.31 bits per heavy atom. The highest BCUT2D eigenvalue weighted by Crippen LogP contribution is 2.42. The number of methoxy groups -OCH3 is 1. The number of nitrogens with zero attached hydrogens (tertiary/aromatic N) is 3. The third-order valence-corrected chi connectivity index (χ3v) is 6.43. The minimum absolute atomic E-state index is 0.107. The summed E-state index contributed by atoms with van der Waals surface area (Å²) >= 11 is 1.55. The first kappa shape index (κ1) is 17.7. The van der Waals surface area contributed by atoms with Crippen molar-refractivity contribution >= 4 is 17.2 Å². The topological polar surface area (TPSA) is 68.5 Å². The van der Waals surface area contributed by atoms with E-state index in [9.17, 15) is 4.79 Å². The van der Waals surface area contributed by atoms with E-state index in [1.807, 2.05) is 24.0 Å². The molecule has 6 nitrogen and oxygen atoms in total. The second-order valence-corrected chi connectivity index (χ2v) is 8.78. The molecule has 2 aliphatic rings. The molecule has 0 radical (unpaired) electrons. The number of carbonyl (C=O) groups excluding carboxylic acids is 1. The summed E-state index contributed by atoms with van der Waals surface area (Å²) in [6.07, 6.45) is 4.95. The summed E-state index contributed by atoms with van der Waals surface area (Å²) in [6.45, 7) is 4.04. The molecule has 1 amide bonds. The molecule has 1 aliphatic carbocycles. The molecule has 1 unspecified atom stereocenters. The van der Waals surface area contributed by atoms with Gasteiger partial charge in [-0.3, -0.25) is 4.79 Å². The number of rotatable bonds is 6. The summed E-state index contributed by atoms with van der Waals surface area (Å²) in [5.41, 5.74) is -0.285. The molecule has 26 heavy (non-hydrogen) atoms. The van der Waals surface area contributed by atoms with Crippen LogP contribution in [0.1, 0.15) is 64.3 Å². The molecule has 140 valence electrons. The van der Waals surface area contributed by atoms with Gasteiger partial charge in [0.1, 0.15) is 0 Å². The molecular formula is C19H25N3O3S. The maximum absolute atomic E-state index is 13.0. The molecule has 1 aliphatic heterocycles. The van der Waals surface area contributed by atoms with Crippen molar-refractivity contribution in [1.82, 2.24) is 15.0 Å². The fourth-order valence-corrected chi connectivity index (χ4v) is 4.59. The zero-order valence-electron chi connectivity index (χ0n) is 15.4. The Bertz CT molecular complexity index is 783. The van der Waals surface area contributed by atoms with E-state index in [0.29, 0.717) is 19.1 Å². The molecule has 0 bridgehead atoms. The van der Waals surface area contributed by atoms with E-state index in [2.05, 4.69) is 5.16 Å². The SMILES string of the molecule is COCCC1(c2noc(C3CC3)n2)CCCN(C(=O)c2ccc(C)s2)C1. The van der Waals surface area contributed by atoms with Crippen LogP contribution in [0.25, 0.3) is 0 Å². The molecule has 0 aromatic carbocycles. The highest BCUT2D eigenvalue weighted by molar-refractivity contribution is 7.13. The van der Waals surface area contributed by atoms with Gasteiger partial charge in [-0.05, 0) is 51.2 Å². The number of piperidine rings is 1. The lowest BCUT2D eigenvalue weighted by Crippen LogP contribution is -2.49. The highest BCUT2D eigenvalue weighted by Gasteiger charge is 2.43. The summed E-state index contributed by atoms with van der Waals surface area (Å²) in [4.78, 5) is 21.6. The predicted octanol–water partition coefficient (Wildman–Crippen LogP) is 3.53. The Labute approximate surface area is 157 Å². The lowest BCUT2D eigenvalue weighted by atomic mass is 9.76. The summed E-state index contributed by atoms with van der Waals surface area (Å²) in [5.74, 6) is 2.05. The van der Waals surface area contributed by atoms with Crippen LogP contribution in [-0.2, 0) is 10.2 Å². The summed E-state index contributed by atoms with van der Waals surface area (Å²) in [5, 5.41) is 4.32. The number of amides is 1. The van der Waals surface area contributed by atoms with Gasteiger partial charge in [-0.15, -0.1) is 11.3 Å². The molecule has 4 rings (SSSR count). The molecule has 1 saturated heterocycles. The van der Waals surface area contributed by atoms with Crippen LogP contribution in [0, 0.1) is 6.92 Å². The van der Waals surface area contributed by atoms with E-state index in [4.69, 9.17) is 14.2 Å². The van der Waals surface area contributed by atoms with Gasteiger partial charge in [0, 0.05) is 37.6 Å². The number of aromatic nitrogens is 2. The molecule has 1 atom stereocenters. The second kappa shape index (κ2) is 7.12. The first-order chi connectivity index (χ1) is 12.6. The van der Waals surface area contributed by atoms with Gasteiger partial charge in [0.25, 0.3) is 5.91 Å². The first-order valence-electron chi connectivity index (χ1n) is 9.30. The fourth-order valence-electron chi connectivity index (χ4n) is 3.75. The van der Waals surface area contributed by atoms with Crippen LogP contribution < -0.4 is 0 Å². The minimum atomic E-state index is -0.285. The number of carbonyl (C=O) groups is 1. The van der Waals surface area contributed by atoms with Gasteiger partial charge in [0.15, 0.2) is 5.82 Å². The van der Waals surface area contributed by atoms with Crippen LogP contribution >= 0.6 is 11.3 Å². The Hall–Kier alpha value is -1.73. The predicted molar refractivity (Wildman–Crippen MR) is 98.6 cm³/mol. The molecule has 0 N–H and O–H groups in total. The first-order valence-corrected chi connectivity index (χ1v) is 10.1. The van der Waals surface area contributed by atoms with Crippen molar-refractivity contribution in [3.63, 3.8) is 0 Å². The second-order valence-electron chi connectivity index (χ2n) is 7.49. The monoisotopic (exact) mass is 375 g/mol. The van der Waals surface area contributed by atoms with E-state index in [1.165, 1.54) is 0 Å². The zero-order valence-corrected chi connectivity index (χ0v) is 16.2. The Kier molecular flexibility index (Phi) is 4.84. The molecule has 3 heterocycles. The number of ether oxygens (including phenoxy) is 1. The Morgan fingerprint density at radius 3 is 3.00 bits per heavy atom. The minimum Gasteiger partial charge on any atom is -0.385 e. The smallest absolute Gasteiger partial charge is 0.263 e. The Balaban J connectivity index is 1.59. The van der Waals surface area contributed by atoms with E-state index in [0.717, 1.165) is 60.1 Å². The standard InChI is InChI=1S/C19H25N3O3S/c1-13-4-7-15(26-13)17(23)22-10-3-8-19(12-22,9-11-24-2)18-20-16(25-21-18)14-5-6-14/h4,7,14H,3,5-6,8-12H2,1-2H3. The van der Waals surface area contributed by atoms with Crippen LogP contribution in [0.3, 0.4) is 0 Å². The number of aryl methyl sites for hydroxylation is 1. The van der Waals surface area contributed by atoms with E-state index < -0.39 is 0 Å². The Morgan fingerprint density at radius 1 is 1.46 bits per heavy atom. The fraction of sp³-hybridized carbons (Fsp3) is 0.632. The van der Waals surface area contributed by atoms with Gasteiger partial charge >= 0.3 is 0 Å². The average Bonchev–Trinajstić information content (AvgIpc) is 3.21. The highest BCUT2D eigenvalue weighted by atomic mass is 32.1. The van der Waals surface area contributed by atoms with Crippen molar-refractivity contribution < 1.29 is 14.1 Å². The lowest BCUT2D eigenvalue weighted by molar-refractivity contribution is 0.0571. The maximum atomic E-state index is 13.0. The summed E-state index contributed by atoms with van der Waals surface area (Å²) in [6, 6.07) is 3.93. The van der Waals surface area contributed by atoms with Crippen LogP contribution in [0.5, 0.6) is 0 Å². The third kappa shape index (κ3) is 3.42. The molecule has 2 aromatic heterocycles. The van der Waals surface area contributed by atoms with E-state index in [1.54, 1.807) is 18.4 Å². The van der Waals surface area contributed by atoms with Crippen LogP contribution in [0.4, 0.5) is 0 Å². The molecule has 2 fully saturated rings. The van der Waals surface area contributed by atoms with Crippen molar-refractivity contribution in [3.8, 4) is 0 Å². The molecule has 7 heteroatoms. The third-order valence-electron chi connectivity index (χ3n) is 5.44. The lowest BCUT2D eigenvalue weighted by Gasteiger charge is -2.40. The molecule has 1 saturated carbocycles. The quantitative estimate of drug-likeness (QED) is 0.773. The zero-order chi connectivity index (χ0) is 18.1. The van der Waals surface area contributed by atoms with Crippen molar-refractivity contribution in [2.24, 2.45) is 0 Å².